The minimum atomic E-state index is 0.0199. The summed E-state index contributed by atoms with van der Waals surface area (Å²) in [5, 5.41) is 0. The van der Waals surface area contributed by atoms with Crippen LogP contribution in [0.5, 0.6) is 0 Å². The quantitative estimate of drug-likeness (QED) is 0.639. The van der Waals surface area contributed by atoms with Gasteiger partial charge in [0.05, 0.1) is 6.42 Å². The maximum absolute atomic E-state index is 11.4. The monoisotopic (exact) mass is 224 g/mol. The second-order valence-electron chi connectivity index (χ2n) is 6.95. The van der Waals surface area contributed by atoms with Crippen LogP contribution in [0.3, 0.4) is 0 Å². The topological polar surface area (TPSA) is 26.3 Å². The summed E-state index contributed by atoms with van der Waals surface area (Å²) in [6.07, 6.45) is 2.02. The molecule has 1 saturated carbocycles. The molecule has 0 aromatic rings. The molecule has 0 spiro atoms. The normalized spacial score (nSPS) is 39.0. The van der Waals surface area contributed by atoms with Crippen LogP contribution >= 0.6 is 0 Å². The summed E-state index contributed by atoms with van der Waals surface area (Å²) >= 11 is 0. The predicted octanol–water partition coefficient (Wildman–Crippen LogP) is 3.26. The van der Waals surface area contributed by atoms with Crippen LogP contribution in [-0.2, 0) is 9.53 Å². The van der Waals surface area contributed by atoms with Crippen molar-refractivity contribution in [2.45, 2.75) is 53.6 Å². The molecule has 1 aliphatic carbocycles. The minimum Gasteiger partial charge on any atom is -0.462 e. The van der Waals surface area contributed by atoms with Gasteiger partial charge in [-0.1, -0.05) is 34.6 Å². The summed E-state index contributed by atoms with van der Waals surface area (Å²) in [5.74, 6) is 2.44. The third kappa shape index (κ3) is 1.87. The molecule has 2 rings (SSSR count). The van der Waals surface area contributed by atoms with Crippen molar-refractivity contribution in [3.05, 3.63) is 0 Å². The summed E-state index contributed by atoms with van der Waals surface area (Å²) in [6, 6.07) is 0. The van der Waals surface area contributed by atoms with Crippen LogP contribution in [0.1, 0.15) is 47.5 Å². The van der Waals surface area contributed by atoms with Crippen LogP contribution in [-0.4, -0.2) is 12.1 Å². The first-order chi connectivity index (χ1) is 7.30. The molecular formula is C14H24O2. The number of carbonyl (C=O) groups is 1. The standard InChI is InChI=1S/C14H24O2/c1-8(2)10-6-9-7-11(15)16-13(9)12(10)14(3,4)5/h8-10,12-13H,6-7H2,1-5H3. The van der Waals surface area contributed by atoms with Gasteiger partial charge in [0.25, 0.3) is 0 Å². The van der Waals surface area contributed by atoms with E-state index in [0.717, 1.165) is 0 Å². The molecule has 4 atom stereocenters. The van der Waals surface area contributed by atoms with Gasteiger partial charge >= 0.3 is 5.97 Å². The van der Waals surface area contributed by atoms with Crippen molar-refractivity contribution < 1.29 is 9.53 Å². The molecule has 4 unspecified atom stereocenters. The van der Waals surface area contributed by atoms with E-state index in [1.165, 1.54) is 6.42 Å². The molecule has 16 heavy (non-hydrogen) atoms. The first kappa shape index (κ1) is 11.9. The number of hydrogen-bond donors (Lipinski definition) is 0. The summed E-state index contributed by atoms with van der Waals surface area (Å²) in [5.41, 5.74) is 0.235. The lowest BCUT2D eigenvalue weighted by Crippen LogP contribution is -2.35. The van der Waals surface area contributed by atoms with Crippen LogP contribution in [0.15, 0.2) is 0 Å². The van der Waals surface area contributed by atoms with Gasteiger partial charge in [-0.2, -0.15) is 0 Å². The number of fused-ring (bicyclic) bond motifs is 1. The van der Waals surface area contributed by atoms with Crippen LogP contribution in [0.2, 0.25) is 0 Å². The summed E-state index contributed by atoms with van der Waals surface area (Å²) in [7, 11) is 0. The van der Waals surface area contributed by atoms with E-state index in [1.54, 1.807) is 0 Å². The molecule has 2 nitrogen and oxygen atoms in total. The zero-order valence-electron chi connectivity index (χ0n) is 11.1. The third-order valence-corrected chi connectivity index (χ3v) is 4.41. The molecule has 0 N–H and O–H groups in total. The Morgan fingerprint density at radius 1 is 1.31 bits per heavy atom. The van der Waals surface area contributed by atoms with Crippen LogP contribution < -0.4 is 0 Å². The average molecular weight is 224 g/mol. The van der Waals surface area contributed by atoms with Crippen molar-refractivity contribution in [3.63, 3.8) is 0 Å². The van der Waals surface area contributed by atoms with E-state index in [4.69, 9.17) is 4.74 Å². The molecule has 0 aromatic carbocycles. The van der Waals surface area contributed by atoms with Gasteiger partial charge in [0.2, 0.25) is 0 Å². The van der Waals surface area contributed by atoms with E-state index in [2.05, 4.69) is 34.6 Å². The first-order valence-corrected chi connectivity index (χ1v) is 6.50. The summed E-state index contributed by atoms with van der Waals surface area (Å²) < 4.78 is 5.57. The molecule has 2 fully saturated rings. The SMILES string of the molecule is CC(C)C1CC2CC(=O)OC2C1C(C)(C)C. The fourth-order valence-corrected chi connectivity index (χ4v) is 3.77. The fourth-order valence-electron chi connectivity index (χ4n) is 3.77. The van der Waals surface area contributed by atoms with Gasteiger partial charge in [-0.3, -0.25) is 4.79 Å². The molecule has 0 radical (unpaired) electrons. The molecule has 92 valence electrons. The largest absolute Gasteiger partial charge is 0.462 e. The minimum absolute atomic E-state index is 0.0199. The summed E-state index contributed by atoms with van der Waals surface area (Å²) in [4.78, 5) is 11.4. The Hall–Kier alpha value is -0.530. The number of rotatable bonds is 1. The fraction of sp³-hybridized carbons (Fsp3) is 0.929. The van der Waals surface area contributed by atoms with Crippen LogP contribution in [0, 0.1) is 29.1 Å². The lowest BCUT2D eigenvalue weighted by Gasteiger charge is -2.37. The van der Waals surface area contributed by atoms with E-state index in [0.29, 0.717) is 30.1 Å². The molecule has 1 saturated heterocycles. The van der Waals surface area contributed by atoms with E-state index in [-0.39, 0.29) is 17.5 Å². The highest BCUT2D eigenvalue weighted by molar-refractivity contribution is 5.72. The molecule has 2 aliphatic rings. The van der Waals surface area contributed by atoms with E-state index in [1.807, 2.05) is 0 Å². The molecule has 1 aliphatic heterocycles. The first-order valence-electron chi connectivity index (χ1n) is 6.50. The Labute approximate surface area is 98.7 Å². The second kappa shape index (κ2) is 3.75. The zero-order valence-corrected chi connectivity index (χ0v) is 11.1. The van der Waals surface area contributed by atoms with Gasteiger partial charge in [-0.15, -0.1) is 0 Å². The molecule has 0 amide bonds. The number of hydrogen-bond acceptors (Lipinski definition) is 2. The Bertz CT molecular complexity index is 288. The second-order valence-corrected chi connectivity index (χ2v) is 6.95. The predicted molar refractivity (Wildman–Crippen MR) is 63.9 cm³/mol. The highest BCUT2D eigenvalue weighted by Crippen LogP contribution is 2.53. The third-order valence-electron chi connectivity index (χ3n) is 4.41. The average Bonchev–Trinajstić information content (AvgIpc) is 2.56. The Kier molecular flexibility index (Phi) is 2.80. The van der Waals surface area contributed by atoms with Crippen molar-refractivity contribution in [2.24, 2.45) is 29.1 Å². The van der Waals surface area contributed by atoms with Crippen molar-refractivity contribution in [3.8, 4) is 0 Å². The van der Waals surface area contributed by atoms with E-state index in [9.17, 15) is 4.79 Å². The van der Waals surface area contributed by atoms with Gasteiger partial charge in [0.15, 0.2) is 0 Å². The molecule has 0 aromatic heterocycles. The van der Waals surface area contributed by atoms with Crippen molar-refractivity contribution in [1.29, 1.82) is 0 Å². The highest BCUT2D eigenvalue weighted by Gasteiger charge is 2.54. The van der Waals surface area contributed by atoms with Gasteiger partial charge < -0.3 is 4.74 Å². The van der Waals surface area contributed by atoms with Crippen LogP contribution in [0.4, 0.5) is 0 Å². The lowest BCUT2D eigenvalue weighted by molar-refractivity contribution is -0.145. The molecule has 0 bridgehead atoms. The number of carbonyl (C=O) groups excluding carboxylic acids is 1. The van der Waals surface area contributed by atoms with Crippen molar-refractivity contribution in [2.75, 3.05) is 0 Å². The van der Waals surface area contributed by atoms with Crippen molar-refractivity contribution >= 4 is 5.97 Å². The zero-order chi connectivity index (χ0) is 12.1. The Morgan fingerprint density at radius 2 is 1.94 bits per heavy atom. The maximum Gasteiger partial charge on any atom is 0.306 e. The lowest BCUT2D eigenvalue weighted by atomic mass is 9.70. The van der Waals surface area contributed by atoms with Gasteiger partial charge in [-0.25, -0.2) is 0 Å². The van der Waals surface area contributed by atoms with E-state index >= 15 is 0 Å². The Morgan fingerprint density at radius 3 is 2.44 bits per heavy atom. The maximum atomic E-state index is 11.4. The van der Waals surface area contributed by atoms with Gasteiger partial charge in [0.1, 0.15) is 6.10 Å². The van der Waals surface area contributed by atoms with Crippen LogP contribution in [0.25, 0.3) is 0 Å². The highest BCUT2D eigenvalue weighted by atomic mass is 16.6. The molecule has 2 heteroatoms. The molecule has 1 heterocycles. The van der Waals surface area contributed by atoms with E-state index < -0.39 is 0 Å². The number of ether oxygens (including phenoxy) is 1. The smallest absolute Gasteiger partial charge is 0.306 e. The Balaban J connectivity index is 2.24. The van der Waals surface area contributed by atoms with Gasteiger partial charge in [0, 0.05) is 11.8 Å². The van der Waals surface area contributed by atoms with Gasteiger partial charge in [-0.05, 0) is 23.7 Å². The molecular weight excluding hydrogens is 200 g/mol. The van der Waals surface area contributed by atoms with Crippen molar-refractivity contribution in [1.82, 2.24) is 0 Å². The summed E-state index contributed by atoms with van der Waals surface area (Å²) in [6.45, 7) is 11.4. The number of esters is 1.